The van der Waals surface area contributed by atoms with Gasteiger partial charge in [-0.05, 0) is 28.8 Å². The van der Waals surface area contributed by atoms with Crippen molar-refractivity contribution in [3.8, 4) is 11.1 Å². The van der Waals surface area contributed by atoms with Crippen LogP contribution in [-0.2, 0) is 6.42 Å². The molecule has 21 heavy (non-hydrogen) atoms. The molecule has 0 fully saturated rings. The van der Waals surface area contributed by atoms with Gasteiger partial charge in [-0.15, -0.1) is 0 Å². The van der Waals surface area contributed by atoms with Crippen LogP contribution in [0.1, 0.15) is 15.9 Å². The van der Waals surface area contributed by atoms with Crippen molar-refractivity contribution >= 4 is 5.78 Å². The van der Waals surface area contributed by atoms with E-state index in [-0.39, 0.29) is 5.78 Å². The molecule has 0 N–H and O–H groups in total. The highest BCUT2D eigenvalue weighted by Crippen LogP contribution is 2.19. The minimum Gasteiger partial charge on any atom is -0.294 e. The lowest BCUT2D eigenvalue weighted by molar-refractivity contribution is 0.0993. The third kappa shape index (κ3) is 3.23. The fraction of sp³-hybridized carbons (Fsp3) is 0.0526. The molecule has 0 saturated carbocycles. The predicted molar refractivity (Wildman–Crippen MR) is 84.1 cm³/mol. The van der Waals surface area contributed by atoms with Gasteiger partial charge in [-0.1, -0.05) is 54.6 Å². The zero-order chi connectivity index (χ0) is 14.5. The Kier molecular flexibility index (Phi) is 3.88. The van der Waals surface area contributed by atoms with Crippen molar-refractivity contribution in [2.24, 2.45) is 0 Å². The molecule has 0 bridgehead atoms. The number of pyridine rings is 1. The first kappa shape index (κ1) is 13.3. The Bertz CT molecular complexity index is 719. The number of nitrogens with zero attached hydrogens (tertiary/aromatic N) is 1. The van der Waals surface area contributed by atoms with Gasteiger partial charge in [0.15, 0.2) is 5.78 Å². The molecule has 0 aliphatic carbocycles. The SMILES string of the molecule is O=C(Cc1ccncc1)c1ccc(-c2ccccc2)cc1. The summed E-state index contributed by atoms with van der Waals surface area (Å²) in [5, 5.41) is 0. The van der Waals surface area contributed by atoms with Gasteiger partial charge in [0.05, 0.1) is 0 Å². The second-order valence-corrected chi connectivity index (χ2v) is 4.90. The van der Waals surface area contributed by atoms with Crippen LogP contribution in [0, 0.1) is 0 Å². The van der Waals surface area contributed by atoms with E-state index < -0.39 is 0 Å². The van der Waals surface area contributed by atoms with Crippen LogP contribution in [0.25, 0.3) is 11.1 Å². The highest BCUT2D eigenvalue weighted by molar-refractivity contribution is 5.97. The van der Waals surface area contributed by atoms with Crippen molar-refractivity contribution in [2.75, 3.05) is 0 Å². The third-order valence-corrected chi connectivity index (χ3v) is 3.43. The average molecular weight is 273 g/mol. The van der Waals surface area contributed by atoms with Gasteiger partial charge in [-0.25, -0.2) is 0 Å². The first-order valence-corrected chi connectivity index (χ1v) is 6.90. The van der Waals surface area contributed by atoms with Gasteiger partial charge in [-0.3, -0.25) is 9.78 Å². The summed E-state index contributed by atoms with van der Waals surface area (Å²) in [6, 6.07) is 21.7. The highest BCUT2D eigenvalue weighted by atomic mass is 16.1. The Balaban J connectivity index is 1.77. The van der Waals surface area contributed by atoms with Crippen LogP contribution in [0.15, 0.2) is 79.1 Å². The molecule has 0 unspecified atom stereocenters. The average Bonchev–Trinajstić information content (AvgIpc) is 2.57. The topological polar surface area (TPSA) is 30.0 Å². The fourth-order valence-corrected chi connectivity index (χ4v) is 2.27. The van der Waals surface area contributed by atoms with Crippen LogP contribution in [-0.4, -0.2) is 10.8 Å². The molecule has 1 aromatic heterocycles. The van der Waals surface area contributed by atoms with Crippen LogP contribution >= 0.6 is 0 Å². The molecule has 3 aromatic rings. The summed E-state index contributed by atoms with van der Waals surface area (Å²) in [5.74, 6) is 0.126. The maximum atomic E-state index is 12.2. The molecule has 0 aliphatic heterocycles. The summed E-state index contributed by atoms with van der Waals surface area (Å²) in [4.78, 5) is 16.2. The molecule has 0 aliphatic rings. The smallest absolute Gasteiger partial charge is 0.167 e. The standard InChI is InChI=1S/C19H15NO/c21-19(14-15-10-12-20-13-11-15)18-8-6-17(7-9-18)16-4-2-1-3-5-16/h1-13H,14H2. The molecule has 2 nitrogen and oxygen atoms in total. The van der Waals surface area contributed by atoms with Gasteiger partial charge in [0.25, 0.3) is 0 Å². The van der Waals surface area contributed by atoms with E-state index in [1.807, 2.05) is 54.6 Å². The molecule has 3 rings (SSSR count). The van der Waals surface area contributed by atoms with Crippen LogP contribution in [0.5, 0.6) is 0 Å². The van der Waals surface area contributed by atoms with E-state index >= 15 is 0 Å². The first-order valence-electron chi connectivity index (χ1n) is 6.90. The maximum absolute atomic E-state index is 12.2. The summed E-state index contributed by atoms with van der Waals surface area (Å²) >= 11 is 0. The Morgan fingerprint density at radius 2 is 1.38 bits per heavy atom. The van der Waals surface area contributed by atoms with E-state index in [4.69, 9.17) is 0 Å². The van der Waals surface area contributed by atoms with Crippen molar-refractivity contribution in [1.82, 2.24) is 4.98 Å². The second kappa shape index (κ2) is 6.14. The molecular weight excluding hydrogens is 258 g/mol. The largest absolute Gasteiger partial charge is 0.294 e. The Labute approximate surface area is 124 Å². The van der Waals surface area contributed by atoms with Crippen LogP contribution < -0.4 is 0 Å². The monoisotopic (exact) mass is 273 g/mol. The molecule has 102 valence electrons. The quantitative estimate of drug-likeness (QED) is 0.668. The molecular formula is C19H15NO. The lowest BCUT2D eigenvalue weighted by Crippen LogP contribution is -2.03. The van der Waals surface area contributed by atoms with E-state index in [1.165, 1.54) is 0 Å². The van der Waals surface area contributed by atoms with Crippen molar-refractivity contribution in [1.29, 1.82) is 0 Å². The number of hydrogen-bond acceptors (Lipinski definition) is 2. The first-order chi connectivity index (χ1) is 10.3. The Morgan fingerprint density at radius 1 is 0.762 bits per heavy atom. The summed E-state index contributed by atoms with van der Waals surface area (Å²) in [7, 11) is 0. The van der Waals surface area contributed by atoms with Gasteiger partial charge >= 0.3 is 0 Å². The van der Waals surface area contributed by atoms with Crippen molar-refractivity contribution in [3.05, 3.63) is 90.3 Å². The van der Waals surface area contributed by atoms with E-state index in [9.17, 15) is 4.79 Å². The van der Waals surface area contributed by atoms with Gasteiger partial charge in [-0.2, -0.15) is 0 Å². The normalized spacial score (nSPS) is 10.3. The zero-order valence-electron chi connectivity index (χ0n) is 11.6. The minimum absolute atomic E-state index is 0.126. The number of carbonyl (C=O) groups is 1. The van der Waals surface area contributed by atoms with E-state index in [2.05, 4.69) is 17.1 Å². The summed E-state index contributed by atoms with van der Waals surface area (Å²) < 4.78 is 0. The molecule has 0 radical (unpaired) electrons. The Hall–Kier alpha value is -2.74. The van der Waals surface area contributed by atoms with Crippen molar-refractivity contribution in [3.63, 3.8) is 0 Å². The van der Waals surface area contributed by atoms with Gasteiger partial charge < -0.3 is 0 Å². The molecule has 0 spiro atoms. The highest BCUT2D eigenvalue weighted by Gasteiger charge is 2.07. The molecule has 0 atom stereocenters. The number of ketones is 1. The van der Waals surface area contributed by atoms with Crippen LogP contribution in [0.2, 0.25) is 0 Å². The van der Waals surface area contributed by atoms with Crippen LogP contribution in [0.3, 0.4) is 0 Å². The number of Topliss-reactive ketones (excluding diaryl/α,β-unsaturated/α-hetero) is 1. The lowest BCUT2D eigenvalue weighted by Gasteiger charge is -2.04. The molecule has 1 heterocycles. The molecule has 0 amide bonds. The summed E-state index contributed by atoms with van der Waals surface area (Å²) in [5.41, 5.74) is 4.01. The summed E-state index contributed by atoms with van der Waals surface area (Å²) in [6.07, 6.45) is 3.83. The fourth-order valence-electron chi connectivity index (χ4n) is 2.27. The summed E-state index contributed by atoms with van der Waals surface area (Å²) in [6.45, 7) is 0. The van der Waals surface area contributed by atoms with Crippen LogP contribution in [0.4, 0.5) is 0 Å². The van der Waals surface area contributed by atoms with Crippen molar-refractivity contribution < 1.29 is 4.79 Å². The zero-order valence-corrected chi connectivity index (χ0v) is 11.6. The minimum atomic E-state index is 0.126. The molecule has 2 aromatic carbocycles. The van der Waals surface area contributed by atoms with E-state index in [1.54, 1.807) is 12.4 Å². The third-order valence-electron chi connectivity index (χ3n) is 3.43. The predicted octanol–water partition coefficient (Wildman–Crippen LogP) is 4.17. The number of aromatic nitrogens is 1. The van der Waals surface area contributed by atoms with Gasteiger partial charge in [0, 0.05) is 24.4 Å². The van der Waals surface area contributed by atoms with E-state index in [0.717, 1.165) is 22.3 Å². The molecule has 0 saturated heterocycles. The lowest BCUT2D eigenvalue weighted by atomic mass is 10.00. The molecule has 2 heteroatoms. The number of rotatable bonds is 4. The maximum Gasteiger partial charge on any atom is 0.167 e. The number of benzene rings is 2. The Morgan fingerprint density at radius 3 is 2.05 bits per heavy atom. The number of hydrogen-bond donors (Lipinski definition) is 0. The number of carbonyl (C=O) groups excluding carboxylic acids is 1. The van der Waals surface area contributed by atoms with Gasteiger partial charge in [0.1, 0.15) is 0 Å². The van der Waals surface area contributed by atoms with E-state index in [0.29, 0.717) is 6.42 Å². The second-order valence-electron chi connectivity index (χ2n) is 4.90. The van der Waals surface area contributed by atoms with Gasteiger partial charge in [0.2, 0.25) is 0 Å². The van der Waals surface area contributed by atoms with Crippen molar-refractivity contribution in [2.45, 2.75) is 6.42 Å².